The Morgan fingerprint density at radius 2 is 2.45 bits per heavy atom. The van der Waals surface area contributed by atoms with E-state index in [0.29, 0.717) is 6.54 Å². The number of rotatable bonds is 3. The molecule has 1 atom stereocenters. The summed E-state index contributed by atoms with van der Waals surface area (Å²) >= 11 is 0. The Hall–Kier alpha value is -0.800. The van der Waals surface area contributed by atoms with Gasteiger partial charge in [-0.2, -0.15) is 0 Å². The largest absolute Gasteiger partial charge is 0.372 e. The molecule has 1 unspecified atom stereocenters. The molecule has 62 valence electrons. The number of aromatic amines is 1. The highest BCUT2D eigenvalue weighted by molar-refractivity contribution is 5.17. The second kappa shape index (κ2) is 3.07. The topological polar surface area (TPSA) is 51.0 Å². The lowest BCUT2D eigenvalue weighted by molar-refractivity contribution is 0.0102. The zero-order chi connectivity index (χ0) is 8.32. The molecule has 0 bridgehead atoms. The van der Waals surface area contributed by atoms with E-state index in [9.17, 15) is 0 Å². The van der Waals surface area contributed by atoms with Crippen molar-refractivity contribution in [3.8, 4) is 0 Å². The number of methoxy groups -OCH3 is 1. The van der Waals surface area contributed by atoms with Crippen molar-refractivity contribution in [2.24, 2.45) is 5.73 Å². The summed E-state index contributed by atoms with van der Waals surface area (Å²) in [6, 6.07) is 1.97. The number of hydrogen-bond donors (Lipinski definition) is 2. The smallest absolute Gasteiger partial charge is 0.104 e. The minimum Gasteiger partial charge on any atom is -0.372 e. The summed E-state index contributed by atoms with van der Waals surface area (Å²) in [6.45, 7) is 2.46. The van der Waals surface area contributed by atoms with Crippen LogP contribution in [0.5, 0.6) is 0 Å². The lowest BCUT2D eigenvalue weighted by Gasteiger charge is -2.25. The van der Waals surface area contributed by atoms with Crippen LogP contribution in [-0.4, -0.2) is 18.6 Å². The fraction of sp³-hybridized carbons (Fsp3) is 0.500. The minimum absolute atomic E-state index is 0.347. The average molecular weight is 154 g/mol. The molecule has 3 nitrogen and oxygen atoms in total. The average Bonchev–Trinajstić information content (AvgIpc) is 2.55. The van der Waals surface area contributed by atoms with Crippen LogP contribution >= 0.6 is 0 Å². The Morgan fingerprint density at radius 3 is 2.82 bits per heavy atom. The molecule has 11 heavy (non-hydrogen) atoms. The van der Waals surface area contributed by atoms with Crippen LogP contribution in [0.1, 0.15) is 12.5 Å². The van der Waals surface area contributed by atoms with Crippen LogP contribution in [0.2, 0.25) is 0 Å². The third-order valence-electron chi connectivity index (χ3n) is 2.05. The molecule has 0 fully saturated rings. The Labute approximate surface area is 66.6 Å². The quantitative estimate of drug-likeness (QED) is 0.677. The molecule has 1 heterocycles. The molecule has 1 aromatic rings. The third-order valence-corrected chi connectivity index (χ3v) is 2.05. The molecule has 0 aliphatic carbocycles. The number of nitrogens with one attached hydrogen (secondary N) is 1. The zero-order valence-corrected chi connectivity index (χ0v) is 6.92. The standard InChI is InChI=1S/C8H14N2O/c1-8(6-9,11-2)7-3-4-10-5-7/h3-5,10H,6,9H2,1-2H3. The van der Waals surface area contributed by atoms with Crippen molar-refractivity contribution >= 4 is 0 Å². The van der Waals surface area contributed by atoms with Crippen molar-refractivity contribution in [1.29, 1.82) is 0 Å². The molecule has 0 saturated heterocycles. The molecule has 1 rings (SSSR count). The molecule has 0 aliphatic rings. The molecule has 0 aromatic carbocycles. The summed E-state index contributed by atoms with van der Waals surface area (Å²) < 4.78 is 5.29. The second-order valence-electron chi connectivity index (χ2n) is 2.74. The van der Waals surface area contributed by atoms with E-state index in [1.807, 2.05) is 25.4 Å². The summed E-state index contributed by atoms with van der Waals surface area (Å²) in [7, 11) is 1.67. The van der Waals surface area contributed by atoms with Crippen molar-refractivity contribution in [2.45, 2.75) is 12.5 Å². The second-order valence-corrected chi connectivity index (χ2v) is 2.74. The predicted molar refractivity (Wildman–Crippen MR) is 44.2 cm³/mol. The molecule has 0 radical (unpaired) electrons. The minimum atomic E-state index is -0.347. The Balaban J connectivity index is 2.87. The number of hydrogen-bond acceptors (Lipinski definition) is 2. The van der Waals surface area contributed by atoms with Crippen LogP contribution in [0.4, 0.5) is 0 Å². The van der Waals surface area contributed by atoms with Gasteiger partial charge in [0, 0.05) is 31.6 Å². The number of aromatic nitrogens is 1. The van der Waals surface area contributed by atoms with Gasteiger partial charge in [-0.05, 0) is 13.0 Å². The van der Waals surface area contributed by atoms with Gasteiger partial charge >= 0.3 is 0 Å². The number of nitrogens with two attached hydrogens (primary N) is 1. The van der Waals surface area contributed by atoms with Crippen molar-refractivity contribution in [3.63, 3.8) is 0 Å². The van der Waals surface area contributed by atoms with Crippen molar-refractivity contribution < 1.29 is 4.74 Å². The van der Waals surface area contributed by atoms with Crippen molar-refractivity contribution in [3.05, 3.63) is 24.0 Å². The van der Waals surface area contributed by atoms with Gasteiger partial charge in [0.05, 0.1) is 0 Å². The van der Waals surface area contributed by atoms with Crippen LogP contribution < -0.4 is 5.73 Å². The van der Waals surface area contributed by atoms with Crippen molar-refractivity contribution in [2.75, 3.05) is 13.7 Å². The van der Waals surface area contributed by atoms with Gasteiger partial charge < -0.3 is 15.5 Å². The van der Waals surface area contributed by atoms with E-state index in [0.717, 1.165) is 5.56 Å². The van der Waals surface area contributed by atoms with E-state index >= 15 is 0 Å². The van der Waals surface area contributed by atoms with Crippen LogP contribution in [0, 0.1) is 0 Å². The first-order valence-electron chi connectivity index (χ1n) is 3.61. The number of H-pyrrole nitrogens is 1. The third kappa shape index (κ3) is 1.44. The molecule has 0 aliphatic heterocycles. The summed E-state index contributed by atoms with van der Waals surface area (Å²) in [5, 5.41) is 0. The highest BCUT2D eigenvalue weighted by Gasteiger charge is 2.24. The summed E-state index contributed by atoms with van der Waals surface area (Å²) in [4.78, 5) is 2.97. The molecule has 0 spiro atoms. The predicted octanol–water partition coefficient (Wildman–Crippen LogP) is 0.835. The Morgan fingerprint density at radius 1 is 1.73 bits per heavy atom. The van der Waals surface area contributed by atoms with Gasteiger partial charge in [-0.1, -0.05) is 0 Å². The first-order valence-corrected chi connectivity index (χ1v) is 3.61. The van der Waals surface area contributed by atoms with E-state index in [1.54, 1.807) is 7.11 Å². The maximum absolute atomic E-state index is 5.57. The van der Waals surface area contributed by atoms with Gasteiger partial charge in [0.1, 0.15) is 5.60 Å². The Bertz CT molecular complexity index is 202. The van der Waals surface area contributed by atoms with Gasteiger partial charge in [0.25, 0.3) is 0 Å². The van der Waals surface area contributed by atoms with Gasteiger partial charge in [0.15, 0.2) is 0 Å². The van der Waals surface area contributed by atoms with E-state index in [2.05, 4.69) is 4.98 Å². The van der Waals surface area contributed by atoms with Gasteiger partial charge in [-0.3, -0.25) is 0 Å². The fourth-order valence-electron chi connectivity index (χ4n) is 0.972. The lowest BCUT2D eigenvalue weighted by Crippen LogP contribution is -2.33. The van der Waals surface area contributed by atoms with Crippen molar-refractivity contribution in [1.82, 2.24) is 4.98 Å². The fourth-order valence-corrected chi connectivity index (χ4v) is 0.972. The van der Waals surface area contributed by atoms with Crippen LogP contribution in [0.3, 0.4) is 0 Å². The molecule has 0 amide bonds. The van der Waals surface area contributed by atoms with Gasteiger partial charge in [-0.25, -0.2) is 0 Å². The Kier molecular flexibility index (Phi) is 2.31. The van der Waals surface area contributed by atoms with Gasteiger partial charge in [0.2, 0.25) is 0 Å². The molecule has 0 saturated carbocycles. The molecule has 3 heteroatoms. The van der Waals surface area contributed by atoms with E-state index < -0.39 is 0 Å². The van der Waals surface area contributed by atoms with E-state index in [1.165, 1.54) is 0 Å². The molecular formula is C8H14N2O. The number of ether oxygens (including phenoxy) is 1. The van der Waals surface area contributed by atoms with Crippen LogP contribution in [0.15, 0.2) is 18.5 Å². The maximum Gasteiger partial charge on any atom is 0.104 e. The van der Waals surface area contributed by atoms with Gasteiger partial charge in [-0.15, -0.1) is 0 Å². The lowest BCUT2D eigenvalue weighted by atomic mass is 9.99. The maximum atomic E-state index is 5.57. The monoisotopic (exact) mass is 154 g/mol. The normalized spacial score (nSPS) is 16.3. The van der Waals surface area contributed by atoms with E-state index in [4.69, 9.17) is 10.5 Å². The molecule has 1 aromatic heterocycles. The summed E-state index contributed by atoms with van der Waals surface area (Å²) in [6.07, 6.45) is 3.76. The zero-order valence-electron chi connectivity index (χ0n) is 6.92. The highest BCUT2D eigenvalue weighted by Crippen LogP contribution is 2.21. The SMILES string of the molecule is COC(C)(CN)c1cc[nH]c1. The summed E-state index contributed by atoms with van der Waals surface area (Å²) in [5.74, 6) is 0. The van der Waals surface area contributed by atoms with Crippen LogP contribution in [-0.2, 0) is 10.3 Å². The highest BCUT2D eigenvalue weighted by atomic mass is 16.5. The summed E-state index contributed by atoms with van der Waals surface area (Å²) in [5.41, 5.74) is 6.31. The van der Waals surface area contributed by atoms with E-state index in [-0.39, 0.29) is 5.60 Å². The first-order chi connectivity index (χ1) is 5.23. The molecular weight excluding hydrogens is 140 g/mol. The first kappa shape index (κ1) is 8.30. The van der Waals surface area contributed by atoms with Crippen LogP contribution in [0.25, 0.3) is 0 Å². The molecule has 3 N–H and O–H groups in total.